The number of halogens is 1. The van der Waals surface area contributed by atoms with Gasteiger partial charge in [0.15, 0.2) is 0 Å². The molecule has 3 aromatic rings. The third-order valence-corrected chi connectivity index (χ3v) is 3.76. The number of nitriles is 1. The van der Waals surface area contributed by atoms with Gasteiger partial charge in [-0.3, -0.25) is 4.68 Å². The highest BCUT2D eigenvalue weighted by Gasteiger charge is 2.08. The van der Waals surface area contributed by atoms with Crippen molar-refractivity contribution >= 4 is 34.8 Å². The zero-order chi connectivity index (χ0) is 15.0. The van der Waals surface area contributed by atoms with Gasteiger partial charge in [0, 0.05) is 30.4 Å². The van der Waals surface area contributed by atoms with Gasteiger partial charge in [0.05, 0.1) is 11.3 Å². The van der Waals surface area contributed by atoms with E-state index in [2.05, 4.69) is 21.1 Å². The Morgan fingerprint density at radius 2 is 2.24 bits per heavy atom. The molecular weight excluding hydrogens is 286 g/mol. The van der Waals surface area contributed by atoms with Crippen LogP contribution in [0.25, 0.3) is 23.2 Å². The molecule has 3 rings (SSSR count). The van der Waals surface area contributed by atoms with Crippen molar-refractivity contribution in [3.8, 4) is 6.07 Å². The molecule has 0 bridgehead atoms. The number of nitrogens with one attached hydrogen (secondary N) is 1. The van der Waals surface area contributed by atoms with Gasteiger partial charge in [0.2, 0.25) is 0 Å². The van der Waals surface area contributed by atoms with Crippen LogP contribution in [0, 0.1) is 18.3 Å². The van der Waals surface area contributed by atoms with Crippen molar-refractivity contribution in [1.29, 1.82) is 5.26 Å². The molecule has 104 valence electrons. The van der Waals surface area contributed by atoms with E-state index < -0.39 is 0 Å². The SMILES string of the molecule is Cc1nn(C)c(Cl)c1/C=C/c1cnc2[nH]cc(C#N)c2c1. The molecule has 6 heteroatoms. The van der Waals surface area contributed by atoms with Gasteiger partial charge in [-0.25, -0.2) is 4.98 Å². The van der Waals surface area contributed by atoms with Gasteiger partial charge in [-0.1, -0.05) is 17.7 Å². The summed E-state index contributed by atoms with van der Waals surface area (Å²) in [7, 11) is 1.80. The maximum Gasteiger partial charge on any atom is 0.138 e. The topological polar surface area (TPSA) is 70.3 Å². The lowest BCUT2D eigenvalue weighted by Crippen LogP contribution is -1.88. The molecular formula is C15H12ClN5. The molecule has 0 amide bonds. The summed E-state index contributed by atoms with van der Waals surface area (Å²) in [5, 5.41) is 14.7. The van der Waals surface area contributed by atoms with Gasteiger partial charge >= 0.3 is 0 Å². The van der Waals surface area contributed by atoms with Crippen LogP contribution in [-0.4, -0.2) is 19.7 Å². The van der Waals surface area contributed by atoms with E-state index in [1.165, 1.54) is 0 Å². The van der Waals surface area contributed by atoms with Crippen LogP contribution in [0.4, 0.5) is 0 Å². The standard InChI is InChI=1S/C15H12ClN5/c1-9-12(14(16)21(2)20-9)4-3-10-5-13-11(6-17)8-19-15(13)18-7-10/h3-5,7-8H,1-2H3,(H,18,19)/b4-3+. The molecule has 0 aromatic carbocycles. The molecule has 0 unspecified atom stereocenters. The van der Waals surface area contributed by atoms with Crippen LogP contribution >= 0.6 is 11.6 Å². The molecule has 21 heavy (non-hydrogen) atoms. The number of hydrogen-bond donors (Lipinski definition) is 1. The molecule has 0 spiro atoms. The molecule has 0 saturated carbocycles. The Bertz CT molecular complexity index is 895. The zero-order valence-corrected chi connectivity index (χ0v) is 12.3. The lowest BCUT2D eigenvalue weighted by molar-refractivity contribution is 0.757. The van der Waals surface area contributed by atoms with Crippen LogP contribution in [0.3, 0.4) is 0 Å². The van der Waals surface area contributed by atoms with Gasteiger partial charge in [0.1, 0.15) is 16.9 Å². The first-order valence-corrected chi connectivity index (χ1v) is 6.72. The van der Waals surface area contributed by atoms with E-state index in [4.69, 9.17) is 16.9 Å². The predicted octanol–water partition coefficient (Wildman–Crippen LogP) is 3.30. The highest BCUT2D eigenvalue weighted by Crippen LogP contribution is 2.22. The first kappa shape index (κ1) is 13.4. The fourth-order valence-electron chi connectivity index (χ4n) is 2.22. The number of aromatic amines is 1. The highest BCUT2D eigenvalue weighted by molar-refractivity contribution is 6.31. The summed E-state index contributed by atoms with van der Waals surface area (Å²) in [6.07, 6.45) is 7.23. The fourth-order valence-corrected chi connectivity index (χ4v) is 2.46. The summed E-state index contributed by atoms with van der Waals surface area (Å²) in [6, 6.07) is 4.07. The second-order valence-electron chi connectivity index (χ2n) is 4.73. The third kappa shape index (κ3) is 2.30. The normalized spacial score (nSPS) is 11.3. The first-order valence-electron chi connectivity index (χ1n) is 6.34. The van der Waals surface area contributed by atoms with E-state index in [0.29, 0.717) is 16.4 Å². The van der Waals surface area contributed by atoms with Gasteiger partial charge in [-0.2, -0.15) is 10.4 Å². The second kappa shape index (κ2) is 5.08. The second-order valence-corrected chi connectivity index (χ2v) is 5.08. The number of H-pyrrole nitrogens is 1. The Balaban J connectivity index is 2.01. The van der Waals surface area contributed by atoms with E-state index in [9.17, 15) is 0 Å². The van der Waals surface area contributed by atoms with Crippen LogP contribution in [0.5, 0.6) is 0 Å². The molecule has 0 aliphatic heterocycles. The molecule has 0 radical (unpaired) electrons. The summed E-state index contributed by atoms with van der Waals surface area (Å²) in [5.41, 5.74) is 3.95. The summed E-state index contributed by atoms with van der Waals surface area (Å²) in [6.45, 7) is 1.91. The Labute approximate surface area is 126 Å². The van der Waals surface area contributed by atoms with Crippen molar-refractivity contribution in [2.75, 3.05) is 0 Å². The van der Waals surface area contributed by atoms with E-state index in [1.54, 1.807) is 24.1 Å². The average Bonchev–Trinajstić information content (AvgIpc) is 2.98. The minimum Gasteiger partial charge on any atom is -0.345 e. The van der Waals surface area contributed by atoms with Crippen LogP contribution in [0.2, 0.25) is 5.15 Å². The highest BCUT2D eigenvalue weighted by atomic mass is 35.5. The molecule has 3 heterocycles. The number of aromatic nitrogens is 4. The van der Waals surface area contributed by atoms with E-state index >= 15 is 0 Å². The Morgan fingerprint density at radius 1 is 1.43 bits per heavy atom. The number of nitrogens with zero attached hydrogens (tertiary/aromatic N) is 4. The Hall–Kier alpha value is -2.58. The minimum atomic E-state index is 0.586. The van der Waals surface area contributed by atoms with Crippen molar-refractivity contribution < 1.29 is 0 Å². The maximum absolute atomic E-state index is 9.05. The first-order chi connectivity index (χ1) is 10.1. The van der Waals surface area contributed by atoms with Crippen LogP contribution < -0.4 is 0 Å². The number of aryl methyl sites for hydroxylation is 2. The zero-order valence-electron chi connectivity index (χ0n) is 11.6. The lowest BCUT2D eigenvalue weighted by Gasteiger charge is -1.96. The minimum absolute atomic E-state index is 0.586. The molecule has 1 N–H and O–H groups in total. The van der Waals surface area contributed by atoms with Crippen molar-refractivity contribution in [2.24, 2.45) is 7.05 Å². The number of pyridine rings is 1. The quantitative estimate of drug-likeness (QED) is 0.789. The largest absolute Gasteiger partial charge is 0.345 e. The van der Waals surface area contributed by atoms with Crippen molar-refractivity contribution in [1.82, 2.24) is 19.7 Å². The van der Waals surface area contributed by atoms with Gasteiger partial charge in [-0.15, -0.1) is 0 Å². The molecule has 0 aliphatic rings. The maximum atomic E-state index is 9.05. The van der Waals surface area contributed by atoms with Crippen LogP contribution in [0.15, 0.2) is 18.5 Å². The monoisotopic (exact) mass is 297 g/mol. The van der Waals surface area contributed by atoms with Gasteiger partial charge < -0.3 is 4.98 Å². The fraction of sp³-hybridized carbons (Fsp3) is 0.133. The van der Waals surface area contributed by atoms with E-state index in [1.807, 2.05) is 25.1 Å². The smallest absolute Gasteiger partial charge is 0.138 e. The summed E-state index contributed by atoms with van der Waals surface area (Å²) in [4.78, 5) is 7.27. The van der Waals surface area contributed by atoms with Crippen molar-refractivity contribution in [3.63, 3.8) is 0 Å². The number of rotatable bonds is 2. The van der Waals surface area contributed by atoms with Crippen LogP contribution in [-0.2, 0) is 7.05 Å². The summed E-state index contributed by atoms with van der Waals surface area (Å²) < 4.78 is 1.64. The third-order valence-electron chi connectivity index (χ3n) is 3.31. The molecule has 0 fully saturated rings. The molecule has 0 atom stereocenters. The van der Waals surface area contributed by atoms with Crippen molar-refractivity contribution in [2.45, 2.75) is 6.92 Å². The predicted molar refractivity (Wildman–Crippen MR) is 82.7 cm³/mol. The average molecular weight is 298 g/mol. The molecule has 0 aliphatic carbocycles. The van der Waals surface area contributed by atoms with E-state index in [-0.39, 0.29) is 0 Å². The van der Waals surface area contributed by atoms with Gasteiger partial charge in [-0.05, 0) is 24.6 Å². The van der Waals surface area contributed by atoms with Gasteiger partial charge in [0.25, 0.3) is 0 Å². The van der Waals surface area contributed by atoms with Crippen molar-refractivity contribution in [3.05, 3.63) is 46.0 Å². The lowest BCUT2D eigenvalue weighted by atomic mass is 10.1. The van der Waals surface area contributed by atoms with Crippen LogP contribution in [0.1, 0.15) is 22.4 Å². The molecule has 0 saturated heterocycles. The Morgan fingerprint density at radius 3 is 2.90 bits per heavy atom. The Kier molecular flexibility index (Phi) is 3.24. The number of hydrogen-bond acceptors (Lipinski definition) is 3. The number of fused-ring (bicyclic) bond motifs is 1. The molecule has 3 aromatic heterocycles. The summed E-state index contributed by atoms with van der Waals surface area (Å²) in [5.74, 6) is 0. The van der Waals surface area contributed by atoms with E-state index in [0.717, 1.165) is 22.2 Å². The summed E-state index contributed by atoms with van der Waals surface area (Å²) >= 11 is 6.19. The molecule has 5 nitrogen and oxygen atoms in total.